The fourth-order valence-corrected chi connectivity index (χ4v) is 4.85. The van der Waals surface area contributed by atoms with Crippen molar-refractivity contribution in [1.82, 2.24) is 0 Å². The summed E-state index contributed by atoms with van der Waals surface area (Å²) < 4.78 is 38.5. The molecule has 0 aliphatic heterocycles. The van der Waals surface area contributed by atoms with Crippen LogP contribution in [0.5, 0.6) is 0 Å². The van der Waals surface area contributed by atoms with Crippen LogP contribution in [0.3, 0.4) is 0 Å². The fourth-order valence-electron chi connectivity index (χ4n) is 4.12. The summed E-state index contributed by atoms with van der Waals surface area (Å²) in [4.78, 5) is 13.1. The molecule has 3 N–H and O–H groups in total. The highest BCUT2D eigenvalue weighted by molar-refractivity contribution is 7.99. The molecule has 2 aliphatic rings. The number of rotatable bonds is 5. The number of nitrogens with two attached hydrogens (primary N) is 1. The van der Waals surface area contributed by atoms with E-state index in [0.717, 1.165) is 43.9 Å². The number of amides is 1. The van der Waals surface area contributed by atoms with Gasteiger partial charge in [-0.1, -0.05) is 6.42 Å². The highest BCUT2D eigenvalue weighted by Gasteiger charge is 2.40. The molecule has 2 unspecified atom stereocenters. The van der Waals surface area contributed by atoms with Gasteiger partial charge in [-0.3, -0.25) is 4.79 Å². The van der Waals surface area contributed by atoms with Crippen LogP contribution in [-0.4, -0.2) is 24.1 Å². The molecule has 0 aromatic heterocycles. The van der Waals surface area contributed by atoms with Crippen LogP contribution in [0.2, 0.25) is 0 Å². The molecule has 2 atom stereocenters. The van der Waals surface area contributed by atoms with Gasteiger partial charge in [-0.05, 0) is 55.7 Å². The Morgan fingerprint density at radius 2 is 1.96 bits per heavy atom. The fraction of sp³-hybridized carbons (Fsp3) is 0.611. The van der Waals surface area contributed by atoms with E-state index in [2.05, 4.69) is 5.32 Å². The predicted octanol–water partition coefficient (Wildman–Crippen LogP) is 4.28. The second kappa shape index (κ2) is 7.99. The largest absolute Gasteiger partial charge is 0.327 e. The summed E-state index contributed by atoms with van der Waals surface area (Å²) >= 11 is 0.918. The van der Waals surface area contributed by atoms with E-state index in [1.54, 1.807) is 0 Å². The van der Waals surface area contributed by atoms with Crippen molar-refractivity contribution < 1.29 is 18.0 Å². The van der Waals surface area contributed by atoms with Crippen LogP contribution < -0.4 is 11.1 Å². The monoisotopic (exact) mass is 372 g/mol. The minimum absolute atomic E-state index is 0.147. The van der Waals surface area contributed by atoms with Crippen LogP contribution in [0.4, 0.5) is 18.9 Å². The number of hydrogen-bond donors (Lipinski definition) is 2. The highest BCUT2D eigenvalue weighted by atomic mass is 32.2. The van der Waals surface area contributed by atoms with E-state index in [1.807, 2.05) is 0 Å². The first-order valence-corrected chi connectivity index (χ1v) is 9.69. The van der Waals surface area contributed by atoms with Crippen molar-refractivity contribution >= 4 is 23.4 Å². The lowest BCUT2D eigenvalue weighted by Gasteiger charge is -2.43. The summed E-state index contributed by atoms with van der Waals surface area (Å²) in [5, 5.41) is 2.76. The normalized spacial score (nSPS) is 28.8. The number of anilines is 1. The summed E-state index contributed by atoms with van der Waals surface area (Å²) in [7, 11) is 0. The minimum atomic E-state index is -2.46. The van der Waals surface area contributed by atoms with Crippen LogP contribution in [0.15, 0.2) is 23.1 Å². The third-order valence-corrected chi connectivity index (χ3v) is 6.43. The Morgan fingerprint density at radius 1 is 1.28 bits per heavy atom. The molecule has 2 fully saturated rings. The average Bonchev–Trinajstić information content (AvgIpc) is 2.53. The SMILES string of the molecule is NC1C2CCCC1CC(C(=O)Nc1cc(F)ccc1SCC(F)F)C2. The molecule has 138 valence electrons. The number of alkyl halides is 2. The molecule has 2 aliphatic carbocycles. The van der Waals surface area contributed by atoms with E-state index in [9.17, 15) is 18.0 Å². The molecular weight excluding hydrogens is 349 g/mol. The second-order valence-corrected chi connectivity index (χ2v) is 8.09. The number of fused-ring (bicyclic) bond motifs is 2. The quantitative estimate of drug-likeness (QED) is 0.759. The zero-order valence-electron chi connectivity index (χ0n) is 13.9. The lowest BCUT2D eigenvalue weighted by molar-refractivity contribution is -0.122. The summed E-state index contributed by atoms with van der Waals surface area (Å²) in [5.41, 5.74) is 6.53. The van der Waals surface area contributed by atoms with E-state index < -0.39 is 18.0 Å². The Hall–Kier alpha value is -1.21. The maximum absolute atomic E-state index is 13.6. The first kappa shape index (κ1) is 18.6. The smallest absolute Gasteiger partial charge is 0.247 e. The molecule has 1 amide bonds. The number of thioether (sulfide) groups is 1. The van der Waals surface area contributed by atoms with Crippen molar-refractivity contribution in [2.45, 2.75) is 49.5 Å². The predicted molar refractivity (Wildman–Crippen MR) is 93.3 cm³/mol. The number of hydrogen-bond acceptors (Lipinski definition) is 3. The van der Waals surface area contributed by atoms with Gasteiger partial charge < -0.3 is 11.1 Å². The zero-order valence-corrected chi connectivity index (χ0v) is 14.7. The molecule has 0 saturated heterocycles. The van der Waals surface area contributed by atoms with Crippen molar-refractivity contribution in [2.75, 3.05) is 11.1 Å². The van der Waals surface area contributed by atoms with Crippen molar-refractivity contribution in [3.63, 3.8) is 0 Å². The summed E-state index contributed by atoms with van der Waals surface area (Å²) in [6.07, 6.45) is 2.30. The van der Waals surface area contributed by atoms with Gasteiger partial charge in [-0.2, -0.15) is 0 Å². The van der Waals surface area contributed by atoms with E-state index in [4.69, 9.17) is 5.73 Å². The van der Waals surface area contributed by atoms with Gasteiger partial charge in [-0.25, -0.2) is 13.2 Å². The van der Waals surface area contributed by atoms with Gasteiger partial charge in [0.15, 0.2) is 0 Å². The van der Waals surface area contributed by atoms with Crippen molar-refractivity contribution in [2.24, 2.45) is 23.5 Å². The van der Waals surface area contributed by atoms with Crippen molar-refractivity contribution in [1.29, 1.82) is 0 Å². The summed E-state index contributed by atoms with van der Waals surface area (Å²) in [6.45, 7) is 0. The minimum Gasteiger partial charge on any atom is -0.327 e. The van der Waals surface area contributed by atoms with Crippen molar-refractivity contribution in [3.8, 4) is 0 Å². The van der Waals surface area contributed by atoms with Crippen molar-refractivity contribution in [3.05, 3.63) is 24.0 Å². The van der Waals surface area contributed by atoms with Crippen LogP contribution in [0, 0.1) is 23.6 Å². The molecule has 0 heterocycles. The van der Waals surface area contributed by atoms with Gasteiger partial charge in [0.05, 0.1) is 11.4 Å². The molecular formula is C18H23F3N2OS. The molecule has 3 nitrogen and oxygen atoms in total. The van der Waals surface area contributed by atoms with Crippen LogP contribution in [0.1, 0.15) is 32.1 Å². The Labute approximate surface area is 149 Å². The van der Waals surface area contributed by atoms with Crippen LogP contribution >= 0.6 is 11.8 Å². The van der Waals surface area contributed by atoms with Crippen LogP contribution in [-0.2, 0) is 4.79 Å². The molecule has 1 aromatic rings. The number of benzene rings is 1. The Bertz CT molecular complexity index is 614. The topological polar surface area (TPSA) is 55.1 Å². The third-order valence-electron chi connectivity index (χ3n) is 5.35. The van der Waals surface area contributed by atoms with E-state index >= 15 is 0 Å². The highest BCUT2D eigenvalue weighted by Crippen LogP contribution is 2.42. The van der Waals surface area contributed by atoms with E-state index in [1.165, 1.54) is 18.2 Å². The van der Waals surface area contributed by atoms with Gasteiger partial charge >= 0.3 is 0 Å². The van der Waals surface area contributed by atoms with Gasteiger partial charge in [0.1, 0.15) is 5.82 Å². The lowest BCUT2D eigenvalue weighted by atomic mass is 9.65. The number of carbonyl (C=O) groups excluding carboxylic acids is 1. The Kier molecular flexibility index (Phi) is 5.94. The second-order valence-electron chi connectivity index (χ2n) is 7.03. The molecule has 2 bridgehead atoms. The van der Waals surface area contributed by atoms with E-state index in [-0.39, 0.29) is 23.6 Å². The zero-order chi connectivity index (χ0) is 18.0. The standard InChI is InChI=1S/C18H23F3N2OS/c19-13-4-5-15(25-9-16(20)21)14(8-13)23-18(24)12-6-10-2-1-3-11(7-12)17(10)22/h4-5,8,10-12,16-17H,1-3,6-7,9,22H2,(H,23,24). The molecule has 2 saturated carbocycles. The first-order valence-electron chi connectivity index (χ1n) is 8.71. The molecule has 25 heavy (non-hydrogen) atoms. The van der Waals surface area contributed by atoms with Gasteiger partial charge in [0, 0.05) is 16.9 Å². The Balaban J connectivity index is 1.69. The van der Waals surface area contributed by atoms with E-state index in [0.29, 0.717) is 16.7 Å². The van der Waals surface area contributed by atoms with Gasteiger partial charge in [-0.15, -0.1) is 11.8 Å². The number of nitrogens with one attached hydrogen (secondary N) is 1. The summed E-state index contributed by atoms with van der Waals surface area (Å²) in [5.74, 6) is -0.470. The number of carbonyl (C=O) groups is 1. The molecule has 0 spiro atoms. The molecule has 0 radical (unpaired) electrons. The van der Waals surface area contributed by atoms with Gasteiger partial charge in [0.2, 0.25) is 12.3 Å². The van der Waals surface area contributed by atoms with Crippen LogP contribution in [0.25, 0.3) is 0 Å². The lowest BCUT2D eigenvalue weighted by Crippen LogP contribution is -2.48. The molecule has 3 rings (SSSR count). The first-order chi connectivity index (χ1) is 11.9. The Morgan fingerprint density at radius 3 is 2.60 bits per heavy atom. The number of halogens is 3. The maximum atomic E-state index is 13.6. The van der Waals surface area contributed by atoms with Gasteiger partial charge in [0.25, 0.3) is 0 Å². The molecule has 7 heteroatoms. The third kappa shape index (κ3) is 4.50. The molecule has 1 aromatic carbocycles. The average molecular weight is 372 g/mol. The summed E-state index contributed by atoms with van der Waals surface area (Å²) in [6, 6.07) is 4.02. The maximum Gasteiger partial charge on any atom is 0.247 e.